The molecule has 1 aliphatic heterocycles. The van der Waals surface area contributed by atoms with Crippen LogP contribution in [0, 0.1) is 6.92 Å². The van der Waals surface area contributed by atoms with E-state index in [1.165, 1.54) is 11.1 Å². The molecule has 0 spiro atoms. The summed E-state index contributed by atoms with van der Waals surface area (Å²) in [6, 6.07) is 14.8. The second kappa shape index (κ2) is 18.6. The van der Waals surface area contributed by atoms with Crippen LogP contribution in [0.4, 0.5) is 0 Å². The Morgan fingerprint density at radius 1 is 0.795 bits per heavy atom. The number of rotatable bonds is 20. The zero-order valence-electron chi connectivity index (χ0n) is 27.9. The molecule has 244 valence electrons. The molecule has 2 aromatic carbocycles. The molecule has 0 bridgehead atoms. The zero-order valence-corrected chi connectivity index (χ0v) is 27.9. The predicted octanol–water partition coefficient (Wildman–Crippen LogP) is 9.53. The Kier molecular flexibility index (Phi) is 14.5. The van der Waals surface area contributed by atoms with E-state index in [2.05, 4.69) is 58.9 Å². The van der Waals surface area contributed by atoms with Crippen molar-refractivity contribution in [3.05, 3.63) is 64.9 Å². The van der Waals surface area contributed by atoms with Crippen LogP contribution in [0.5, 0.6) is 5.75 Å². The highest BCUT2D eigenvalue weighted by Gasteiger charge is 2.42. The average Bonchev–Trinajstić information content (AvgIpc) is 3.44. The van der Waals surface area contributed by atoms with E-state index in [0.29, 0.717) is 26.2 Å². The minimum atomic E-state index is -0.335. The molecule has 4 rings (SSSR count). The third-order valence-electron chi connectivity index (χ3n) is 8.45. The molecule has 1 aromatic heterocycles. The summed E-state index contributed by atoms with van der Waals surface area (Å²) in [5.41, 5.74) is 4.32. The minimum absolute atomic E-state index is 0.0828. The van der Waals surface area contributed by atoms with Crippen LogP contribution in [0.1, 0.15) is 114 Å². The lowest BCUT2D eigenvalue weighted by Gasteiger charge is -2.42. The third-order valence-corrected chi connectivity index (χ3v) is 8.45. The quantitative estimate of drug-likeness (QED) is 0.119. The number of ether oxygens (including phenoxy) is 5. The minimum Gasteiger partial charge on any atom is -0.493 e. The van der Waals surface area contributed by atoms with E-state index in [9.17, 15) is 0 Å². The summed E-state index contributed by atoms with van der Waals surface area (Å²) < 4.78 is 39.0. The summed E-state index contributed by atoms with van der Waals surface area (Å²) in [6.45, 7) is 14.3. The maximum absolute atomic E-state index is 6.94. The van der Waals surface area contributed by atoms with Gasteiger partial charge >= 0.3 is 0 Å². The first kappa shape index (κ1) is 34.5. The van der Waals surface area contributed by atoms with Crippen LogP contribution in [-0.2, 0) is 25.4 Å². The van der Waals surface area contributed by atoms with E-state index in [0.717, 1.165) is 99.0 Å². The molecular formula is C38H56O6. The summed E-state index contributed by atoms with van der Waals surface area (Å²) in [4.78, 5) is 0. The van der Waals surface area contributed by atoms with Crippen molar-refractivity contribution in [2.45, 2.75) is 123 Å². The normalized spacial score (nSPS) is 20.4. The number of unbranched alkanes of at least 4 members (excludes halogenated alkanes) is 4. The predicted molar refractivity (Wildman–Crippen MR) is 178 cm³/mol. The van der Waals surface area contributed by atoms with Crippen molar-refractivity contribution in [2.75, 3.05) is 33.0 Å². The molecule has 0 saturated carbocycles. The van der Waals surface area contributed by atoms with E-state index in [1.807, 2.05) is 18.2 Å². The van der Waals surface area contributed by atoms with Gasteiger partial charge in [0, 0.05) is 43.6 Å². The van der Waals surface area contributed by atoms with Gasteiger partial charge < -0.3 is 28.1 Å². The lowest BCUT2D eigenvalue weighted by molar-refractivity contribution is -0.213. The molecule has 1 aliphatic rings. The van der Waals surface area contributed by atoms with E-state index in [1.54, 1.807) is 0 Å². The zero-order chi connectivity index (χ0) is 31.1. The van der Waals surface area contributed by atoms with Crippen LogP contribution in [0.15, 0.2) is 46.9 Å². The number of aryl methyl sites for hydroxylation is 1. The highest BCUT2D eigenvalue weighted by molar-refractivity contribution is 5.77. The Balaban J connectivity index is 1.71. The lowest BCUT2D eigenvalue weighted by atomic mass is 9.89. The molecule has 44 heavy (non-hydrogen) atoms. The van der Waals surface area contributed by atoms with Crippen LogP contribution in [-0.4, -0.2) is 51.3 Å². The fourth-order valence-corrected chi connectivity index (χ4v) is 5.77. The summed E-state index contributed by atoms with van der Waals surface area (Å²) in [5, 5.41) is 1.12. The highest BCUT2D eigenvalue weighted by Crippen LogP contribution is 2.41. The molecule has 1 fully saturated rings. The Bertz CT molecular complexity index is 1200. The maximum Gasteiger partial charge on any atom is 0.134 e. The fraction of sp³-hybridized carbons (Fsp3) is 0.632. The number of hydrogen-bond donors (Lipinski definition) is 0. The lowest BCUT2D eigenvalue weighted by Crippen LogP contribution is -2.48. The fourth-order valence-electron chi connectivity index (χ4n) is 5.77. The number of furan rings is 1. The molecule has 0 amide bonds. The van der Waals surface area contributed by atoms with Gasteiger partial charge in [-0.1, -0.05) is 71.6 Å². The number of para-hydroxylation sites is 1. The van der Waals surface area contributed by atoms with Gasteiger partial charge in [-0.05, 0) is 68.0 Å². The average molecular weight is 609 g/mol. The molecule has 3 aromatic rings. The summed E-state index contributed by atoms with van der Waals surface area (Å²) in [5.74, 6) is 1.82. The van der Waals surface area contributed by atoms with Crippen molar-refractivity contribution >= 4 is 11.0 Å². The highest BCUT2D eigenvalue weighted by atomic mass is 16.6. The van der Waals surface area contributed by atoms with E-state index in [-0.39, 0.29) is 24.4 Å². The molecule has 6 heteroatoms. The van der Waals surface area contributed by atoms with Crippen molar-refractivity contribution in [3.8, 4) is 5.75 Å². The maximum atomic E-state index is 6.94. The smallest absolute Gasteiger partial charge is 0.134 e. The van der Waals surface area contributed by atoms with Crippen molar-refractivity contribution in [1.82, 2.24) is 0 Å². The first-order valence-electron chi connectivity index (χ1n) is 17.3. The molecular weight excluding hydrogens is 552 g/mol. The monoisotopic (exact) mass is 608 g/mol. The van der Waals surface area contributed by atoms with E-state index in [4.69, 9.17) is 28.1 Å². The number of hydrogen-bond acceptors (Lipinski definition) is 6. The van der Waals surface area contributed by atoms with Crippen molar-refractivity contribution in [1.29, 1.82) is 0 Å². The van der Waals surface area contributed by atoms with Crippen LogP contribution >= 0.6 is 0 Å². The van der Waals surface area contributed by atoms with Crippen molar-refractivity contribution in [3.63, 3.8) is 0 Å². The summed E-state index contributed by atoms with van der Waals surface area (Å²) in [6.07, 6.45) is 9.14. The first-order valence-corrected chi connectivity index (χ1v) is 17.3. The van der Waals surface area contributed by atoms with Crippen LogP contribution in [0.2, 0.25) is 0 Å². The van der Waals surface area contributed by atoms with Gasteiger partial charge in [-0.25, -0.2) is 0 Å². The SMILES string of the molecule is CCCCOC[C@@H]1C[C@H](OCCCC)[C@@H](OCCCC)[C@H](c2cc(Cc3cc4ccccc4o3)c(C)cc2OCCCC)O1. The molecule has 0 N–H and O–H groups in total. The molecule has 0 unspecified atom stereocenters. The van der Waals surface area contributed by atoms with E-state index < -0.39 is 0 Å². The molecule has 1 saturated heterocycles. The van der Waals surface area contributed by atoms with Gasteiger partial charge in [-0.2, -0.15) is 0 Å². The van der Waals surface area contributed by atoms with Crippen molar-refractivity contribution in [2.24, 2.45) is 0 Å². The van der Waals surface area contributed by atoms with Gasteiger partial charge in [-0.15, -0.1) is 0 Å². The van der Waals surface area contributed by atoms with Gasteiger partial charge in [0.2, 0.25) is 0 Å². The van der Waals surface area contributed by atoms with Crippen molar-refractivity contribution < 1.29 is 28.1 Å². The Labute approximate surface area is 265 Å². The second-order valence-corrected chi connectivity index (χ2v) is 12.2. The van der Waals surface area contributed by atoms with Crippen LogP contribution < -0.4 is 4.74 Å². The largest absolute Gasteiger partial charge is 0.493 e. The van der Waals surface area contributed by atoms with E-state index >= 15 is 0 Å². The molecule has 4 atom stereocenters. The Hall–Kier alpha value is -2.38. The second-order valence-electron chi connectivity index (χ2n) is 12.2. The summed E-state index contributed by atoms with van der Waals surface area (Å²) >= 11 is 0. The topological polar surface area (TPSA) is 59.3 Å². The molecule has 0 radical (unpaired) electrons. The first-order chi connectivity index (χ1) is 21.6. The van der Waals surface area contributed by atoms with Gasteiger partial charge in [0.15, 0.2) is 0 Å². The standard InChI is InChI=1S/C38H56O6/c1-6-10-18-39-27-32-26-36(41-20-12-8-3)38(42-21-13-9-4)37(44-32)33-25-30(28(5)22-35(33)40-19-11-7-2)24-31-23-29-16-14-15-17-34(29)43-31/h14-17,22-23,25,32,36-38H,6-13,18-21,24,26-27H2,1-5H3/t32-,36-,37-,38+/m0/s1. The molecule has 0 aliphatic carbocycles. The van der Waals surface area contributed by atoms with Gasteiger partial charge in [0.05, 0.1) is 25.4 Å². The molecule has 6 nitrogen and oxygen atoms in total. The summed E-state index contributed by atoms with van der Waals surface area (Å²) in [7, 11) is 0. The van der Waals surface area contributed by atoms with Gasteiger partial charge in [-0.3, -0.25) is 0 Å². The third kappa shape index (κ3) is 9.81. The Morgan fingerprint density at radius 3 is 2.25 bits per heavy atom. The van der Waals surface area contributed by atoms with Gasteiger partial charge in [0.25, 0.3) is 0 Å². The van der Waals surface area contributed by atoms with Crippen LogP contribution in [0.25, 0.3) is 11.0 Å². The number of benzene rings is 2. The Morgan fingerprint density at radius 2 is 1.50 bits per heavy atom. The van der Waals surface area contributed by atoms with Gasteiger partial charge in [0.1, 0.15) is 29.3 Å². The molecule has 2 heterocycles. The van der Waals surface area contributed by atoms with Crippen LogP contribution in [0.3, 0.4) is 0 Å². The number of fused-ring (bicyclic) bond motifs is 1.